The molecule has 16 atom stereocenters. The zero-order valence-electron chi connectivity index (χ0n) is 50.3. The third kappa shape index (κ3) is 31.8. The first kappa shape index (κ1) is 73.6. The number of hydrogen-bond donors (Lipinski definition) is 7. The summed E-state index contributed by atoms with van der Waals surface area (Å²) in [4.78, 5) is 27.6. The average Bonchev–Trinajstić information content (AvgIpc) is 3.43. The van der Waals surface area contributed by atoms with Crippen molar-refractivity contribution in [2.24, 2.45) is 29.6 Å². The standard InChI is InChI=1S/C61H116O17S/c1-8-10-12-14-16-18-20-22-23-25-26-28-30-32-34-36-49(64)47(6)40-45(4)38-44(3)39-46(5)41-48(7)59(69)76-56-54(67)51(43-63)74-61(77-60-57(78-79(70,71)72)55(68)53(66)50(42-62)73-60)58(56)75-52(65)37-35-33-31-29-27-24-21-19-17-15-13-11-9-2/h44-51,53-58,60-64,66-68H,8-43H2,1-7H3,(H,70,71,72). The molecule has 0 aromatic carbocycles. The largest absolute Gasteiger partial charge is 0.455 e. The Morgan fingerprint density at radius 3 is 1.33 bits per heavy atom. The van der Waals surface area contributed by atoms with Crippen LogP contribution in [0.1, 0.15) is 267 Å². The number of unbranched alkanes of at least 4 members (excludes halogenated alkanes) is 26. The van der Waals surface area contributed by atoms with E-state index in [2.05, 4.69) is 45.7 Å². The molecule has 0 saturated carbocycles. The second-order valence-corrected chi connectivity index (χ2v) is 25.4. The molecule has 7 N–H and O–H groups in total. The van der Waals surface area contributed by atoms with Crippen LogP contribution in [-0.2, 0) is 47.9 Å². The number of ether oxygens (including phenoxy) is 5. The van der Waals surface area contributed by atoms with E-state index in [1.54, 1.807) is 6.92 Å². The number of aliphatic hydroxyl groups is 6. The van der Waals surface area contributed by atoms with E-state index in [-0.39, 0.29) is 24.4 Å². The van der Waals surface area contributed by atoms with Crippen molar-refractivity contribution < 1.29 is 81.1 Å². The molecule has 0 bridgehead atoms. The number of hydrogen-bond acceptors (Lipinski definition) is 16. The smallest absolute Gasteiger partial charge is 0.397 e. The second kappa shape index (κ2) is 43.1. The highest BCUT2D eigenvalue weighted by atomic mass is 32.3. The highest BCUT2D eigenvalue weighted by molar-refractivity contribution is 7.80. The van der Waals surface area contributed by atoms with Gasteiger partial charge in [-0.05, 0) is 62.2 Å². The highest BCUT2D eigenvalue weighted by Gasteiger charge is 2.54. The Kier molecular flexibility index (Phi) is 40.2. The molecule has 2 rings (SSSR count). The van der Waals surface area contributed by atoms with Crippen molar-refractivity contribution in [2.45, 2.75) is 334 Å². The van der Waals surface area contributed by atoms with Gasteiger partial charge in [0.1, 0.15) is 30.5 Å². The van der Waals surface area contributed by atoms with E-state index >= 15 is 0 Å². The van der Waals surface area contributed by atoms with Crippen LogP contribution in [0.2, 0.25) is 0 Å². The van der Waals surface area contributed by atoms with Crippen LogP contribution in [0, 0.1) is 29.6 Å². The molecule has 16 unspecified atom stereocenters. The van der Waals surface area contributed by atoms with Crippen molar-refractivity contribution in [3.63, 3.8) is 0 Å². The minimum Gasteiger partial charge on any atom is -0.455 e. The van der Waals surface area contributed by atoms with Gasteiger partial charge in [-0.25, -0.2) is 4.18 Å². The van der Waals surface area contributed by atoms with Crippen molar-refractivity contribution in [1.29, 1.82) is 0 Å². The van der Waals surface area contributed by atoms with E-state index in [0.29, 0.717) is 24.7 Å². The molecule has 0 radical (unpaired) electrons. The van der Waals surface area contributed by atoms with E-state index in [0.717, 1.165) is 70.6 Å². The lowest BCUT2D eigenvalue weighted by Crippen LogP contribution is -2.65. The van der Waals surface area contributed by atoms with Gasteiger partial charge in [0.05, 0.1) is 25.2 Å². The van der Waals surface area contributed by atoms with Gasteiger partial charge >= 0.3 is 22.3 Å². The molecule has 2 fully saturated rings. The topological polar surface area (TPSA) is 265 Å². The molecular formula is C61H116O17S. The van der Waals surface area contributed by atoms with Gasteiger partial charge in [0.15, 0.2) is 24.6 Å². The zero-order chi connectivity index (χ0) is 58.6. The minimum absolute atomic E-state index is 0.0587. The molecular weight excluding hydrogens is 1040 g/mol. The maximum Gasteiger partial charge on any atom is 0.397 e. The molecule has 0 amide bonds. The van der Waals surface area contributed by atoms with Crippen molar-refractivity contribution in [3.8, 4) is 0 Å². The Morgan fingerprint density at radius 2 is 0.886 bits per heavy atom. The van der Waals surface area contributed by atoms with Gasteiger partial charge in [-0.15, -0.1) is 0 Å². The summed E-state index contributed by atoms with van der Waals surface area (Å²) in [5, 5.41) is 64.2. The maximum atomic E-state index is 14.0. The van der Waals surface area contributed by atoms with Crippen LogP contribution in [0.15, 0.2) is 0 Å². The Balaban J connectivity index is 1.99. The first-order chi connectivity index (χ1) is 37.8. The van der Waals surface area contributed by atoms with Gasteiger partial charge in [-0.3, -0.25) is 14.1 Å². The number of aliphatic hydroxyl groups excluding tert-OH is 6. The summed E-state index contributed by atoms with van der Waals surface area (Å²) in [6.45, 7) is 13.1. The average molecular weight is 1150 g/mol. The number of carbonyl (C=O) groups is 2. The Bertz CT molecular complexity index is 1640. The lowest BCUT2D eigenvalue weighted by Gasteiger charge is -2.46. The van der Waals surface area contributed by atoms with Gasteiger partial charge in [0.25, 0.3) is 0 Å². The fraction of sp³-hybridized carbons (Fsp3) is 0.967. The van der Waals surface area contributed by atoms with E-state index in [9.17, 15) is 53.2 Å². The van der Waals surface area contributed by atoms with E-state index < -0.39 is 103 Å². The molecule has 0 aromatic heterocycles. The van der Waals surface area contributed by atoms with Crippen molar-refractivity contribution in [2.75, 3.05) is 13.2 Å². The van der Waals surface area contributed by atoms with Crippen LogP contribution in [0.3, 0.4) is 0 Å². The van der Waals surface area contributed by atoms with E-state index in [1.807, 2.05) is 0 Å². The molecule has 2 heterocycles. The van der Waals surface area contributed by atoms with Crippen molar-refractivity contribution in [3.05, 3.63) is 0 Å². The monoisotopic (exact) mass is 1150 g/mol. The summed E-state index contributed by atoms with van der Waals surface area (Å²) < 4.78 is 67.1. The van der Waals surface area contributed by atoms with Crippen LogP contribution in [-0.4, -0.2) is 136 Å². The summed E-state index contributed by atoms with van der Waals surface area (Å²) in [6.07, 6.45) is 19.1. The molecule has 468 valence electrons. The second-order valence-electron chi connectivity index (χ2n) is 24.3. The van der Waals surface area contributed by atoms with Crippen LogP contribution in [0.5, 0.6) is 0 Å². The van der Waals surface area contributed by atoms with Crippen molar-refractivity contribution in [1.82, 2.24) is 0 Å². The SMILES string of the molecule is CCCCCCCCCCCCCCCCCC(O)C(C)CC(C)CC(C)CC(C)CC(C)C(=O)OC1C(O)C(CO)OC(OC2OC(CO)C(O)C(O)C2OS(=O)(=O)O)C1OC(=O)CCCCCCCCCCCCCCC. The maximum absolute atomic E-state index is 14.0. The van der Waals surface area contributed by atoms with Gasteiger partial charge < -0.3 is 54.3 Å². The van der Waals surface area contributed by atoms with E-state index in [1.165, 1.54) is 128 Å². The summed E-state index contributed by atoms with van der Waals surface area (Å²) in [5.74, 6) is -1.20. The summed E-state index contributed by atoms with van der Waals surface area (Å²) in [7, 11) is -5.32. The Labute approximate surface area is 478 Å². The van der Waals surface area contributed by atoms with Crippen LogP contribution in [0.4, 0.5) is 0 Å². The molecule has 0 aromatic rings. The molecule has 2 saturated heterocycles. The molecule has 17 nitrogen and oxygen atoms in total. The predicted molar refractivity (Wildman–Crippen MR) is 307 cm³/mol. The third-order valence-corrected chi connectivity index (χ3v) is 16.9. The fourth-order valence-corrected chi connectivity index (χ4v) is 12.3. The predicted octanol–water partition coefficient (Wildman–Crippen LogP) is 11.4. The minimum atomic E-state index is -5.32. The summed E-state index contributed by atoms with van der Waals surface area (Å²) in [5.41, 5.74) is 0. The molecule has 18 heteroatoms. The Hall–Kier alpha value is -1.55. The first-order valence-electron chi connectivity index (χ1n) is 31.7. The zero-order valence-corrected chi connectivity index (χ0v) is 51.1. The van der Waals surface area contributed by atoms with Crippen LogP contribution >= 0.6 is 0 Å². The molecule has 0 spiro atoms. The fourth-order valence-electron chi connectivity index (χ4n) is 11.9. The quantitative estimate of drug-likeness (QED) is 0.0170. The summed E-state index contributed by atoms with van der Waals surface area (Å²) in [6, 6.07) is 0. The molecule has 2 aliphatic heterocycles. The van der Waals surface area contributed by atoms with Gasteiger partial charge in [0.2, 0.25) is 6.29 Å². The number of rotatable bonds is 48. The Morgan fingerprint density at radius 1 is 0.494 bits per heavy atom. The van der Waals surface area contributed by atoms with Gasteiger partial charge in [-0.1, -0.05) is 222 Å². The number of carbonyl (C=O) groups excluding carboxylic acids is 2. The van der Waals surface area contributed by atoms with Crippen LogP contribution in [0.25, 0.3) is 0 Å². The van der Waals surface area contributed by atoms with E-state index in [4.69, 9.17) is 23.7 Å². The number of esters is 2. The third-order valence-electron chi connectivity index (χ3n) is 16.4. The lowest BCUT2D eigenvalue weighted by molar-refractivity contribution is -0.374. The molecule has 79 heavy (non-hydrogen) atoms. The lowest BCUT2D eigenvalue weighted by atomic mass is 9.82. The highest BCUT2D eigenvalue weighted by Crippen LogP contribution is 2.35. The van der Waals surface area contributed by atoms with Crippen molar-refractivity contribution >= 4 is 22.3 Å². The molecule has 2 aliphatic rings. The molecule has 0 aliphatic carbocycles. The van der Waals surface area contributed by atoms with Gasteiger partial charge in [0, 0.05) is 6.42 Å². The first-order valence-corrected chi connectivity index (χ1v) is 33.1. The summed E-state index contributed by atoms with van der Waals surface area (Å²) >= 11 is 0. The van der Waals surface area contributed by atoms with Crippen LogP contribution < -0.4 is 0 Å². The van der Waals surface area contributed by atoms with Gasteiger partial charge in [-0.2, -0.15) is 8.42 Å². The normalized spacial score (nSPS) is 26.1.